The molecule has 4 heterocycles. The molecule has 0 radical (unpaired) electrons. The van der Waals surface area contributed by atoms with Crippen LogP contribution >= 0.6 is 0 Å². The van der Waals surface area contributed by atoms with Crippen LogP contribution in [0.5, 0.6) is 0 Å². The minimum Gasteiger partial charge on any atom is -0.352 e. The molecule has 8 heteroatoms. The number of H-pyrrole nitrogens is 2. The van der Waals surface area contributed by atoms with Crippen LogP contribution in [0, 0.1) is 10.7 Å². The Morgan fingerprint density at radius 1 is 0.381 bits per heavy atom. The third-order valence-corrected chi connectivity index (χ3v) is 7.93. The SMILES string of the molecule is O=C1Nc2ccccc2C(=O)C1=c1[nH]c(=c2[nH]c(=C3C(=O)Nc4ccccc4C3=O)c3ccccc23)c2ccccc12. The summed E-state index contributed by atoms with van der Waals surface area (Å²) in [5, 5.41) is 10.6. The molecular formula is C34H20N4O4. The third-order valence-electron chi connectivity index (χ3n) is 7.93. The van der Waals surface area contributed by atoms with E-state index in [4.69, 9.17) is 0 Å². The van der Waals surface area contributed by atoms with Crippen molar-refractivity contribution in [2.45, 2.75) is 0 Å². The van der Waals surface area contributed by atoms with Crippen LogP contribution < -0.4 is 21.3 Å². The van der Waals surface area contributed by atoms with Gasteiger partial charge in [0.25, 0.3) is 11.8 Å². The number of amides is 2. The first kappa shape index (κ1) is 23.8. The van der Waals surface area contributed by atoms with Gasteiger partial charge in [0.2, 0.25) is 11.6 Å². The van der Waals surface area contributed by atoms with E-state index in [1.54, 1.807) is 48.5 Å². The highest BCUT2D eigenvalue weighted by atomic mass is 16.2. The Morgan fingerprint density at radius 3 is 1.12 bits per heavy atom. The number of carbonyl (C=O) groups excluding carboxylic acids is 4. The highest BCUT2D eigenvalue weighted by Crippen LogP contribution is 2.27. The number of nitrogens with one attached hydrogen (secondary N) is 4. The molecule has 6 aromatic rings. The fourth-order valence-electron chi connectivity index (χ4n) is 6.03. The number of aromatic amines is 2. The van der Waals surface area contributed by atoms with E-state index in [9.17, 15) is 19.2 Å². The third kappa shape index (κ3) is 3.29. The van der Waals surface area contributed by atoms with Gasteiger partial charge in [-0.25, -0.2) is 0 Å². The molecule has 0 atom stereocenters. The largest absolute Gasteiger partial charge is 0.352 e. The first-order valence-electron chi connectivity index (χ1n) is 13.4. The van der Waals surface area contributed by atoms with Crippen LogP contribution in [0.4, 0.5) is 11.4 Å². The molecule has 0 fully saturated rings. The number of aromatic nitrogens is 2. The topological polar surface area (TPSA) is 124 Å². The Bertz CT molecular complexity index is 2280. The monoisotopic (exact) mass is 548 g/mol. The second-order valence-electron chi connectivity index (χ2n) is 10.2. The van der Waals surface area contributed by atoms with Crippen molar-refractivity contribution in [3.05, 3.63) is 130 Å². The van der Waals surface area contributed by atoms with Crippen molar-refractivity contribution in [2.75, 3.05) is 10.6 Å². The predicted octanol–water partition coefficient (Wildman–Crippen LogP) is 3.91. The summed E-state index contributed by atoms with van der Waals surface area (Å²) in [5.74, 6) is -1.73. The fraction of sp³-hybridized carbons (Fsp3) is 0. The van der Waals surface area contributed by atoms with Crippen LogP contribution in [0.3, 0.4) is 0 Å². The average molecular weight is 549 g/mol. The van der Waals surface area contributed by atoms with Gasteiger partial charge in [0, 0.05) is 32.7 Å². The quantitative estimate of drug-likeness (QED) is 0.230. The maximum atomic E-state index is 13.6. The molecule has 0 saturated carbocycles. The smallest absolute Gasteiger partial charge is 0.261 e. The Hall–Kier alpha value is -6.02. The Balaban J connectivity index is 1.53. The van der Waals surface area contributed by atoms with E-state index in [-0.39, 0.29) is 22.7 Å². The Morgan fingerprint density at radius 2 is 0.714 bits per heavy atom. The zero-order valence-corrected chi connectivity index (χ0v) is 21.9. The maximum Gasteiger partial charge on any atom is 0.261 e. The first-order valence-corrected chi connectivity index (χ1v) is 13.4. The number of carbonyl (C=O) groups is 4. The number of hydrogen-bond acceptors (Lipinski definition) is 4. The predicted molar refractivity (Wildman–Crippen MR) is 159 cm³/mol. The first-order chi connectivity index (χ1) is 20.5. The lowest BCUT2D eigenvalue weighted by Crippen LogP contribution is -2.32. The van der Waals surface area contributed by atoms with Crippen LogP contribution in [0.25, 0.3) is 32.7 Å². The minimum atomic E-state index is -0.493. The summed E-state index contributed by atoms with van der Waals surface area (Å²) in [6, 6.07) is 28.8. The lowest BCUT2D eigenvalue weighted by Gasteiger charge is -2.17. The molecule has 42 heavy (non-hydrogen) atoms. The van der Waals surface area contributed by atoms with E-state index in [1.165, 1.54) is 0 Å². The second-order valence-corrected chi connectivity index (χ2v) is 10.2. The zero-order valence-electron chi connectivity index (χ0n) is 21.9. The molecule has 4 N–H and O–H groups in total. The van der Waals surface area contributed by atoms with Crippen LogP contribution in [0.15, 0.2) is 97.1 Å². The number of Topliss-reactive ketones (excluding diaryl/α,β-unsaturated/α-hetero) is 2. The van der Waals surface area contributed by atoms with Crippen LogP contribution in [0.2, 0.25) is 0 Å². The van der Waals surface area contributed by atoms with Gasteiger partial charge in [0.1, 0.15) is 11.1 Å². The van der Waals surface area contributed by atoms with Gasteiger partial charge < -0.3 is 20.6 Å². The molecule has 0 saturated heterocycles. The van der Waals surface area contributed by atoms with Crippen molar-refractivity contribution in [3.63, 3.8) is 0 Å². The van der Waals surface area contributed by atoms with E-state index in [0.29, 0.717) is 54.7 Å². The van der Waals surface area contributed by atoms with E-state index in [0.717, 1.165) is 10.8 Å². The second kappa shape index (κ2) is 8.74. The van der Waals surface area contributed by atoms with Crippen LogP contribution in [-0.4, -0.2) is 33.3 Å². The molecule has 8 rings (SSSR count). The van der Waals surface area contributed by atoms with Gasteiger partial charge in [-0.05, 0) is 24.3 Å². The van der Waals surface area contributed by atoms with Gasteiger partial charge in [0.15, 0.2) is 0 Å². The minimum absolute atomic E-state index is 0.0139. The summed E-state index contributed by atoms with van der Waals surface area (Å²) in [4.78, 5) is 60.5. The van der Waals surface area contributed by atoms with Crippen molar-refractivity contribution in [1.82, 2.24) is 9.97 Å². The van der Waals surface area contributed by atoms with E-state index in [2.05, 4.69) is 20.6 Å². The fourth-order valence-corrected chi connectivity index (χ4v) is 6.03. The van der Waals surface area contributed by atoms with Gasteiger partial charge in [0.05, 0.1) is 32.8 Å². The molecular weight excluding hydrogens is 528 g/mol. The highest BCUT2D eigenvalue weighted by Gasteiger charge is 2.31. The Kier molecular flexibility index (Phi) is 4.96. The van der Waals surface area contributed by atoms with Crippen LogP contribution in [0.1, 0.15) is 20.7 Å². The molecule has 0 spiro atoms. The van der Waals surface area contributed by atoms with Gasteiger partial charge in [-0.1, -0.05) is 72.8 Å². The Labute approximate surface area is 236 Å². The van der Waals surface area contributed by atoms with Crippen molar-refractivity contribution >= 4 is 67.4 Å². The van der Waals surface area contributed by atoms with Crippen molar-refractivity contribution < 1.29 is 19.2 Å². The maximum absolute atomic E-state index is 13.6. The van der Waals surface area contributed by atoms with E-state index < -0.39 is 11.8 Å². The molecule has 4 aromatic carbocycles. The van der Waals surface area contributed by atoms with Gasteiger partial charge in [-0.2, -0.15) is 0 Å². The molecule has 0 bridgehead atoms. The summed E-state index contributed by atoms with van der Waals surface area (Å²) in [7, 11) is 0. The lowest BCUT2D eigenvalue weighted by atomic mass is 9.96. The van der Waals surface area contributed by atoms with Gasteiger partial charge >= 0.3 is 0 Å². The van der Waals surface area contributed by atoms with E-state index in [1.807, 2.05) is 48.5 Å². The van der Waals surface area contributed by atoms with Crippen molar-refractivity contribution in [3.8, 4) is 0 Å². The van der Waals surface area contributed by atoms with E-state index >= 15 is 0 Å². The molecule has 2 amide bonds. The number of rotatable bonds is 0. The zero-order chi connectivity index (χ0) is 28.5. The van der Waals surface area contributed by atoms with Gasteiger partial charge in [-0.3, -0.25) is 19.2 Å². The lowest BCUT2D eigenvalue weighted by molar-refractivity contribution is -0.112. The summed E-state index contributed by atoms with van der Waals surface area (Å²) in [5.41, 5.74) is 1.81. The molecule has 200 valence electrons. The average Bonchev–Trinajstić information content (AvgIpc) is 3.56. The molecule has 2 aromatic heterocycles. The molecule has 8 nitrogen and oxygen atoms in total. The number of ketones is 2. The normalized spacial score (nSPS) is 18.1. The number of anilines is 2. The number of para-hydroxylation sites is 2. The summed E-state index contributed by atoms with van der Waals surface area (Å²) >= 11 is 0. The summed E-state index contributed by atoms with van der Waals surface area (Å²) in [6.45, 7) is 0. The van der Waals surface area contributed by atoms with Crippen LogP contribution in [-0.2, 0) is 9.59 Å². The summed E-state index contributed by atoms with van der Waals surface area (Å²) < 4.78 is 0. The molecule has 0 unspecified atom stereocenters. The van der Waals surface area contributed by atoms with Gasteiger partial charge in [-0.15, -0.1) is 0 Å². The van der Waals surface area contributed by atoms with Crippen molar-refractivity contribution in [2.24, 2.45) is 0 Å². The molecule has 0 aliphatic carbocycles. The molecule has 2 aliphatic rings. The highest BCUT2D eigenvalue weighted by molar-refractivity contribution is 6.52. The standard InChI is InChI=1S/C34H20N4O4/c39-31-21-13-5-7-15-23(21)35-33(41)25(31)27-17-9-1-3-11-19(17)29(37-27)30-20-12-4-2-10-18(20)28(38-30)26-32(40)22-14-6-8-16-24(22)36-34(26)42/h1-16,37-38H,(H,35,41)(H,36,42). The summed E-state index contributed by atoms with van der Waals surface area (Å²) in [6.07, 6.45) is 0. The number of fused-ring (bicyclic) bond motifs is 4. The molecule has 2 aliphatic heterocycles. The number of benzene rings is 4. The number of hydrogen-bond donors (Lipinski definition) is 4. The van der Waals surface area contributed by atoms with Crippen molar-refractivity contribution in [1.29, 1.82) is 0 Å².